The molecule has 0 aliphatic heterocycles. The van der Waals surface area contributed by atoms with Crippen LogP contribution in [-0.2, 0) is 6.42 Å². The lowest BCUT2D eigenvalue weighted by Gasteiger charge is -2.14. The molecule has 1 atom stereocenters. The number of rotatable bonds is 4. The zero-order valence-corrected chi connectivity index (χ0v) is 12.2. The highest BCUT2D eigenvalue weighted by atomic mass is 79.9. The summed E-state index contributed by atoms with van der Waals surface area (Å²) in [7, 11) is 0. The number of aryl methyl sites for hydroxylation is 1. The number of nitrogens with two attached hydrogens (primary N) is 1. The van der Waals surface area contributed by atoms with Crippen LogP contribution in [0, 0.1) is 12.7 Å². The number of nitrogens with one attached hydrogen (secondary N) is 1. The smallest absolute Gasteiger partial charge is 0.124 e. The van der Waals surface area contributed by atoms with Gasteiger partial charge in [-0.3, -0.25) is 11.3 Å². The largest absolute Gasteiger partial charge is 0.271 e. The number of nitrogens with zero attached hydrogens (tertiary/aromatic N) is 1. The highest BCUT2D eigenvalue weighted by Gasteiger charge is 2.15. The fraction of sp³-hybridized carbons (Fsp3) is 0.250. The van der Waals surface area contributed by atoms with E-state index in [1.807, 2.05) is 12.3 Å². The Kier molecular flexibility index (Phi) is 4.45. The minimum atomic E-state index is -0.257. The second-order valence-corrected chi connectivity index (χ2v) is 5.87. The maximum atomic E-state index is 13.0. The van der Waals surface area contributed by atoms with E-state index in [2.05, 4.69) is 26.3 Å². The van der Waals surface area contributed by atoms with Crippen LogP contribution in [0.1, 0.15) is 22.3 Å². The number of aromatic nitrogens is 1. The molecule has 96 valence electrons. The first-order chi connectivity index (χ1) is 8.60. The molecular formula is C12H13BrFN3S. The van der Waals surface area contributed by atoms with Gasteiger partial charge in [0, 0.05) is 9.85 Å². The van der Waals surface area contributed by atoms with Gasteiger partial charge < -0.3 is 0 Å². The van der Waals surface area contributed by atoms with Crippen LogP contribution in [0.25, 0.3) is 0 Å². The zero-order chi connectivity index (χ0) is 13.1. The van der Waals surface area contributed by atoms with Crippen LogP contribution in [0.3, 0.4) is 0 Å². The van der Waals surface area contributed by atoms with E-state index in [9.17, 15) is 4.39 Å². The van der Waals surface area contributed by atoms with Crippen molar-refractivity contribution in [3.05, 3.63) is 50.1 Å². The normalized spacial score (nSPS) is 12.7. The van der Waals surface area contributed by atoms with E-state index in [0.29, 0.717) is 6.42 Å². The monoisotopic (exact) mass is 329 g/mol. The van der Waals surface area contributed by atoms with E-state index in [1.54, 1.807) is 17.4 Å². The van der Waals surface area contributed by atoms with Gasteiger partial charge >= 0.3 is 0 Å². The first-order valence-electron chi connectivity index (χ1n) is 5.42. The summed E-state index contributed by atoms with van der Waals surface area (Å²) in [6.07, 6.45) is 0.653. The van der Waals surface area contributed by atoms with Gasteiger partial charge in [-0.15, -0.1) is 11.3 Å². The molecule has 0 spiro atoms. The Morgan fingerprint density at radius 2 is 2.33 bits per heavy atom. The van der Waals surface area contributed by atoms with E-state index < -0.39 is 0 Å². The Morgan fingerprint density at radius 1 is 1.56 bits per heavy atom. The van der Waals surface area contributed by atoms with Crippen LogP contribution >= 0.6 is 27.3 Å². The van der Waals surface area contributed by atoms with Gasteiger partial charge in [0.2, 0.25) is 0 Å². The van der Waals surface area contributed by atoms with Crippen molar-refractivity contribution in [3.8, 4) is 0 Å². The van der Waals surface area contributed by atoms with Crippen molar-refractivity contribution >= 4 is 27.3 Å². The highest BCUT2D eigenvalue weighted by Crippen LogP contribution is 2.25. The summed E-state index contributed by atoms with van der Waals surface area (Å²) < 4.78 is 13.8. The van der Waals surface area contributed by atoms with E-state index in [-0.39, 0.29) is 11.9 Å². The minimum Gasteiger partial charge on any atom is -0.271 e. The molecule has 18 heavy (non-hydrogen) atoms. The maximum absolute atomic E-state index is 13.0. The lowest BCUT2D eigenvalue weighted by molar-refractivity contribution is 0.538. The predicted octanol–water partition coefficient (Wildman–Crippen LogP) is 3.10. The number of hydrazine groups is 1. The average molecular weight is 330 g/mol. The molecule has 0 radical (unpaired) electrons. The van der Waals surface area contributed by atoms with E-state index in [4.69, 9.17) is 5.84 Å². The van der Waals surface area contributed by atoms with Crippen molar-refractivity contribution in [3.63, 3.8) is 0 Å². The summed E-state index contributed by atoms with van der Waals surface area (Å²) in [6.45, 7) is 1.95. The Morgan fingerprint density at radius 3 is 2.89 bits per heavy atom. The van der Waals surface area contributed by atoms with Crippen molar-refractivity contribution in [2.45, 2.75) is 19.4 Å². The van der Waals surface area contributed by atoms with Gasteiger partial charge in [-0.05, 0) is 31.0 Å². The standard InChI is InChI=1S/C12H13BrFN3S/c1-7-16-12(6-18-7)11(17-15)4-8-2-3-9(14)5-10(8)13/h2-3,5-6,11,17H,4,15H2,1H3. The summed E-state index contributed by atoms with van der Waals surface area (Å²) in [6, 6.07) is 4.58. The number of hydrogen-bond donors (Lipinski definition) is 2. The van der Waals surface area contributed by atoms with Gasteiger partial charge in [-0.25, -0.2) is 9.37 Å². The average Bonchev–Trinajstić information content (AvgIpc) is 2.75. The molecule has 0 saturated carbocycles. The Hall–Kier alpha value is -0.820. The van der Waals surface area contributed by atoms with E-state index in [1.165, 1.54) is 12.1 Å². The van der Waals surface area contributed by atoms with Crippen molar-refractivity contribution in [2.75, 3.05) is 0 Å². The lowest BCUT2D eigenvalue weighted by atomic mass is 10.0. The molecule has 2 aromatic rings. The first kappa shape index (κ1) is 13.6. The van der Waals surface area contributed by atoms with Crippen LogP contribution in [0.2, 0.25) is 0 Å². The topological polar surface area (TPSA) is 50.9 Å². The zero-order valence-electron chi connectivity index (χ0n) is 9.78. The molecule has 0 amide bonds. The SMILES string of the molecule is Cc1nc(C(Cc2ccc(F)cc2Br)NN)cs1. The van der Waals surface area contributed by atoms with Gasteiger partial charge in [0.15, 0.2) is 0 Å². The van der Waals surface area contributed by atoms with Gasteiger partial charge in [0.25, 0.3) is 0 Å². The van der Waals surface area contributed by atoms with Crippen molar-refractivity contribution in [1.29, 1.82) is 0 Å². The van der Waals surface area contributed by atoms with Crippen molar-refractivity contribution < 1.29 is 4.39 Å². The summed E-state index contributed by atoms with van der Waals surface area (Å²) >= 11 is 4.94. The van der Waals surface area contributed by atoms with E-state index >= 15 is 0 Å². The lowest BCUT2D eigenvalue weighted by Crippen LogP contribution is -2.30. The van der Waals surface area contributed by atoms with Crippen LogP contribution in [0.4, 0.5) is 4.39 Å². The summed E-state index contributed by atoms with van der Waals surface area (Å²) in [5, 5.41) is 2.99. The second kappa shape index (κ2) is 5.88. The van der Waals surface area contributed by atoms with Crippen LogP contribution in [0.15, 0.2) is 28.1 Å². The number of thiazole rings is 1. The summed E-state index contributed by atoms with van der Waals surface area (Å²) in [5.74, 6) is 5.31. The fourth-order valence-electron chi connectivity index (χ4n) is 1.70. The summed E-state index contributed by atoms with van der Waals surface area (Å²) in [5.41, 5.74) is 4.66. The Bertz CT molecular complexity index is 544. The van der Waals surface area contributed by atoms with E-state index in [0.717, 1.165) is 20.7 Å². The molecule has 1 aromatic carbocycles. The fourth-order valence-corrected chi connectivity index (χ4v) is 2.88. The van der Waals surface area contributed by atoms with Crippen LogP contribution in [0.5, 0.6) is 0 Å². The molecule has 2 rings (SSSR count). The highest BCUT2D eigenvalue weighted by molar-refractivity contribution is 9.10. The molecule has 0 saturated heterocycles. The molecule has 3 nitrogen and oxygen atoms in total. The number of halogens is 2. The van der Waals surface area contributed by atoms with Crippen molar-refractivity contribution in [2.24, 2.45) is 5.84 Å². The molecule has 0 aliphatic carbocycles. The Balaban J connectivity index is 2.20. The molecule has 1 heterocycles. The van der Waals surface area contributed by atoms with Crippen LogP contribution < -0.4 is 11.3 Å². The maximum Gasteiger partial charge on any atom is 0.124 e. The molecule has 3 N–H and O–H groups in total. The van der Waals surface area contributed by atoms with Gasteiger partial charge in [0.1, 0.15) is 5.82 Å². The predicted molar refractivity (Wildman–Crippen MR) is 74.7 cm³/mol. The molecule has 1 aromatic heterocycles. The third kappa shape index (κ3) is 3.14. The summed E-state index contributed by atoms with van der Waals surface area (Å²) in [4.78, 5) is 4.41. The Labute approximate surface area is 117 Å². The molecule has 0 bridgehead atoms. The van der Waals surface area contributed by atoms with Crippen molar-refractivity contribution in [1.82, 2.24) is 10.4 Å². The molecule has 0 fully saturated rings. The molecule has 1 unspecified atom stereocenters. The first-order valence-corrected chi connectivity index (χ1v) is 7.09. The van der Waals surface area contributed by atoms with Crippen LogP contribution in [-0.4, -0.2) is 4.98 Å². The van der Waals surface area contributed by atoms with Gasteiger partial charge in [-0.2, -0.15) is 0 Å². The molecule has 6 heteroatoms. The van der Waals surface area contributed by atoms with Gasteiger partial charge in [-0.1, -0.05) is 22.0 Å². The third-order valence-corrected chi connectivity index (χ3v) is 4.16. The number of hydrogen-bond acceptors (Lipinski definition) is 4. The van der Waals surface area contributed by atoms with Gasteiger partial charge in [0.05, 0.1) is 16.7 Å². The third-order valence-electron chi connectivity index (χ3n) is 2.63. The molecular weight excluding hydrogens is 317 g/mol. The molecule has 0 aliphatic rings. The quantitative estimate of drug-likeness (QED) is 0.669. The second-order valence-electron chi connectivity index (χ2n) is 3.95. The number of benzene rings is 1. The minimum absolute atomic E-state index is 0.0725.